The molecule has 0 aromatic rings. The highest BCUT2D eigenvalue weighted by molar-refractivity contribution is 4.93. The van der Waals surface area contributed by atoms with E-state index in [1.807, 2.05) is 0 Å². The van der Waals surface area contributed by atoms with E-state index in [1.54, 1.807) is 12.8 Å². The van der Waals surface area contributed by atoms with Gasteiger partial charge < -0.3 is 0 Å². The minimum absolute atomic E-state index is 0.854. The van der Waals surface area contributed by atoms with Crippen LogP contribution in [0.3, 0.4) is 0 Å². The Bertz CT molecular complexity index is 176. The maximum Gasteiger partial charge on any atom is -0.0297 e. The molecule has 13 heavy (non-hydrogen) atoms. The van der Waals surface area contributed by atoms with Crippen LogP contribution in [0.15, 0.2) is 12.2 Å². The van der Waals surface area contributed by atoms with Crippen LogP contribution in [0.25, 0.3) is 0 Å². The van der Waals surface area contributed by atoms with Gasteiger partial charge in [-0.05, 0) is 63.2 Å². The van der Waals surface area contributed by atoms with Gasteiger partial charge in [-0.3, -0.25) is 0 Å². The molecule has 0 amide bonds. The van der Waals surface area contributed by atoms with Gasteiger partial charge >= 0.3 is 0 Å². The van der Waals surface area contributed by atoms with Crippen molar-refractivity contribution in [3.8, 4) is 0 Å². The third-order valence-corrected chi connectivity index (χ3v) is 4.29. The second kappa shape index (κ2) is 3.86. The molecule has 0 nitrogen and oxygen atoms in total. The van der Waals surface area contributed by atoms with E-state index < -0.39 is 0 Å². The van der Waals surface area contributed by atoms with Crippen LogP contribution in [-0.2, 0) is 0 Å². The summed E-state index contributed by atoms with van der Waals surface area (Å²) in [7, 11) is 0. The lowest BCUT2D eigenvalue weighted by Crippen LogP contribution is -2.33. The van der Waals surface area contributed by atoms with E-state index in [-0.39, 0.29) is 0 Å². The zero-order chi connectivity index (χ0) is 9.15. The van der Waals surface area contributed by atoms with Gasteiger partial charge in [0.25, 0.3) is 0 Å². The molecule has 2 rings (SSSR count). The molecule has 0 aromatic heterocycles. The minimum atomic E-state index is 0.854. The zero-order valence-corrected chi connectivity index (χ0v) is 8.89. The van der Waals surface area contributed by atoms with E-state index in [4.69, 9.17) is 0 Å². The third-order valence-electron chi connectivity index (χ3n) is 4.29. The Morgan fingerprint density at radius 3 is 2.31 bits per heavy atom. The molecular formula is C13H22. The van der Waals surface area contributed by atoms with Crippen LogP contribution in [0.2, 0.25) is 0 Å². The van der Waals surface area contributed by atoms with E-state index in [2.05, 4.69) is 19.1 Å². The number of rotatable bonds is 2. The van der Waals surface area contributed by atoms with Crippen molar-refractivity contribution in [2.75, 3.05) is 0 Å². The lowest BCUT2D eigenvalue weighted by Gasteiger charge is -2.47. The molecule has 2 aliphatic rings. The maximum atomic E-state index is 2.35. The summed E-state index contributed by atoms with van der Waals surface area (Å²) in [5.74, 6) is 1.02. The van der Waals surface area contributed by atoms with Gasteiger partial charge in [0.1, 0.15) is 0 Å². The smallest absolute Gasteiger partial charge is 0.0297 e. The van der Waals surface area contributed by atoms with Crippen molar-refractivity contribution < 1.29 is 0 Å². The van der Waals surface area contributed by atoms with Crippen LogP contribution in [0.5, 0.6) is 0 Å². The summed E-state index contributed by atoms with van der Waals surface area (Å²) in [6.07, 6.45) is 16.6. The predicted octanol–water partition coefficient (Wildman–Crippen LogP) is 4.31. The topological polar surface area (TPSA) is 0 Å². The minimum Gasteiger partial charge on any atom is -0.0917 e. The highest BCUT2D eigenvalue weighted by Crippen LogP contribution is 2.53. The van der Waals surface area contributed by atoms with Crippen molar-refractivity contribution in [3.63, 3.8) is 0 Å². The molecule has 0 heteroatoms. The molecule has 0 N–H and O–H groups in total. The average Bonchev–Trinajstić information content (AvgIpc) is 2.13. The first-order chi connectivity index (χ1) is 6.35. The molecule has 0 saturated heterocycles. The molecule has 0 bridgehead atoms. The van der Waals surface area contributed by atoms with Crippen molar-refractivity contribution >= 4 is 0 Å². The molecule has 2 saturated carbocycles. The summed E-state index contributed by atoms with van der Waals surface area (Å²) >= 11 is 0. The fourth-order valence-corrected chi connectivity index (χ4v) is 3.03. The van der Waals surface area contributed by atoms with E-state index in [1.165, 1.54) is 38.5 Å². The summed E-state index contributed by atoms with van der Waals surface area (Å²) in [6, 6.07) is 0. The molecule has 0 aromatic carbocycles. The van der Waals surface area contributed by atoms with E-state index >= 15 is 0 Å². The average molecular weight is 178 g/mol. The van der Waals surface area contributed by atoms with Gasteiger partial charge in [-0.15, -0.1) is 0 Å². The Kier molecular flexibility index (Phi) is 2.76. The molecular weight excluding hydrogens is 156 g/mol. The Morgan fingerprint density at radius 2 is 1.85 bits per heavy atom. The Balaban J connectivity index is 1.75. The van der Waals surface area contributed by atoms with Gasteiger partial charge in [-0.2, -0.15) is 0 Å². The van der Waals surface area contributed by atoms with Crippen LogP contribution in [0.1, 0.15) is 58.3 Å². The first kappa shape index (κ1) is 9.30. The Morgan fingerprint density at radius 1 is 1.15 bits per heavy atom. The molecule has 2 aliphatic carbocycles. The second-order valence-corrected chi connectivity index (χ2v) is 5.10. The van der Waals surface area contributed by atoms with Crippen molar-refractivity contribution in [3.05, 3.63) is 12.2 Å². The molecule has 2 fully saturated rings. The van der Waals surface area contributed by atoms with Gasteiger partial charge in [0.15, 0.2) is 0 Å². The van der Waals surface area contributed by atoms with E-state index in [0.29, 0.717) is 0 Å². The summed E-state index contributed by atoms with van der Waals surface area (Å²) in [5, 5.41) is 0. The summed E-state index contributed by atoms with van der Waals surface area (Å²) < 4.78 is 0. The first-order valence-corrected chi connectivity index (χ1v) is 5.96. The highest BCUT2D eigenvalue weighted by atomic mass is 14.4. The maximum absolute atomic E-state index is 2.35. The molecule has 0 aliphatic heterocycles. The SMILES string of the molecule is C/C=C/CC1CCC2(CCC2)CC1. The summed E-state index contributed by atoms with van der Waals surface area (Å²) in [5.41, 5.74) is 0.854. The molecule has 0 radical (unpaired) electrons. The van der Waals surface area contributed by atoms with Crippen molar-refractivity contribution in [2.45, 2.75) is 58.3 Å². The van der Waals surface area contributed by atoms with Crippen LogP contribution >= 0.6 is 0 Å². The van der Waals surface area contributed by atoms with Crippen LogP contribution < -0.4 is 0 Å². The molecule has 74 valence electrons. The molecule has 0 atom stereocenters. The first-order valence-electron chi connectivity index (χ1n) is 5.96. The second-order valence-electron chi connectivity index (χ2n) is 5.10. The van der Waals surface area contributed by atoms with E-state index in [9.17, 15) is 0 Å². The van der Waals surface area contributed by atoms with Gasteiger partial charge in [0.2, 0.25) is 0 Å². The summed E-state index contributed by atoms with van der Waals surface area (Å²) in [4.78, 5) is 0. The Hall–Kier alpha value is -0.260. The van der Waals surface area contributed by atoms with Gasteiger partial charge in [0, 0.05) is 0 Å². The van der Waals surface area contributed by atoms with Crippen LogP contribution in [0.4, 0.5) is 0 Å². The van der Waals surface area contributed by atoms with Gasteiger partial charge in [-0.25, -0.2) is 0 Å². The molecule has 0 heterocycles. The summed E-state index contributed by atoms with van der Waals surface area (Å²) in [6.45, 7) is 2.14. The normalized spacial score (nSPS) is 28.1. The van der Waals surface area contributed by atoms with Crippen molar-refractivity contribution in [2.24, 2.45) is 11.3 Å². The van der Waals surface area contributed by atoms with E-state index in [0.717, 1.165) is 11.3 Å². The van der Waals surface area contributed by atoms with Crippen molar-refractivity contribution in [1.82, 2.24) is 0 Å². The van der Waals surface area contributed by atoms with Crippen LogP contribution in [-0.4, -0.2) is 0 Å². The highest BCUT2D eigenvalue weighted by Gasteiger charge is 2.39. The Labute approximate surface area is 82.4 Å². The molecule has 0 unspecified atom stereocenters. The molecule has 1 spiro atoms. The predicted molar refractivity (Wildman–Crippen MR) is 57.7 cm³/mol. The zero-order valence-electron chi connectivity index (χ0n) is 8.89. The number of hydrogen-bond donors (Lipinski definition) is 0. The lowest BCUT2D eigenvalue weighted by molar-refractivity contribution is 0.0561. The quantitative estimate of drug-likeness (QED) is 0.553. The fourth-order valence-electron chi connectivity index (χ4n) is 3.03. The van der Waals surface area contributed by atoms with Gasteiger partial charge in [0.05, 0.1) is 0 Å². The fraction of sp³-hybridized carbons (Fsp3) is 0.846. The monoisotopic (exact) mass is 178 g/mol. The van der Waals surface area contributed by atoms with Crippen LogP contribution in [0, 0.1) is 11.3 Å². The number of hydrogen-bond acceptors (Lipinski definition) is 0. The standard InChI is InChI=1S/C13H22/c1-2-3-5-12-6-10-13(11-7-12)8-4-9-13/h2-3,12H,4-11H2,1H3/b3-2+. The van der Waals surface area contributed by atoms with Crippen molar-refractivity contribution in [1.29, 1.82) is 0 Å². The number of allylic oxidation sites excluding steroid dienone is 2. The third kappa shape index (κ3) is 1.98. The largest absolute Gasteiger partial charge is 0.0917 e. The lowest BCUT2D eigenvalue weighted by atomic mass is 9.59. The van der Waals surface area contributed by atoms with Gasteiger partial charge in [-0.1, -0.05) is 18.6 Å².